The summed E-state index contributed by atoms with van der Waals surface area (Å²) in [7, 11) is 0. The van der Waals surface area contributed by atoms with Gasteiger partial charge in [0.2, 0.25) is 12.2 Å². The Balaban J connectivity index is 0. The van der Waals surface area contributed by atoms with Gasteiger partial charge in [0.25, 0.3) is 0 Å². The monoisotopic (exact) mass is 592 g/mol. The van der Waals surface area contributed by atoms with Crippen molar-refractivity contribution < 1.29 is 58.6 Å². The van der Waals surface area contributed by atoms with Gasteiger partial charge in [0.15, 0.2) is 0 Å². The number of carbonyl (C=O) groups is 5. The molecule has 4 N–H and O–H groups in total. The minimum atomic E-state index is -2.07. The van der Waals surface area contributed by atoms with E-state index in [0.717, 1.165) is 26.7 Å². The van der Waals surface area contributed by atoms with Crippen LogP contribution in [0.1, 0.15) is 124 Å². The number of rotatable bonds is 24. The van der Waals surface area contributed by atoms with Gasteiger partial charge >= 0.3 is 29.8 Å². The predicted molar refractivity (Wildman–Crippen MR) is 150 cm³/mol. The van der Waals surface area contributed by atoms with E-state index >= 15 is 0 Å². The summed E-state index contributed by atoms with van der Waals surface area (Å²) in [5, 5.41) is 35.0. The Labute approximate surface area is 243 Å². The average molecular weight is 593 g/mol. The zero-order valence-corrected chi connectivity index (χ0v) is 25.0. The second-order valence-electron chi connectivity index (χ2n) is 9.96. The van der Waals surface area contributed by atoms with Crippen molar-refractivity contribution in [3.8, 4) is 0 Å². The summed E-state index contributed by atoms with van der Waals surface area (Å²) < 4.78 is 13.3. The van der Waals surface area contributed by atoms with Crippen LogP contribution >= 0.6 is 0 Å². The lowest BCUT2D eigenvalue weighted by atomic mass is 10.0. The van der Waals surface area contributed by atoms with Crippen molar-refractivity contribution in [1.29, 1.82) is 0 Å². The van der Waals surface area contributed by atoms with Crippen molar-refractivity contribution in [1.82, 2.24) is 0 Å². The lowest BCUT2D eigenvalue weighted by molar-refractivity contribution is -0.185. The summed E-state index contributed by atoms with van der Waals surface area (Å²) in [5.41, 5.74) is 0. The maximum absolute atomic E-state index is 11.4. The first kappa shape index (κ1) is 40.4. The van der Waals surface area contributed by atoms with E-state index in [2.05, 4.69) is 16.4 Å². The number of hydrogen-bond donors (Lipinski definition) is 4. The highest BCUT2D eigenvalue weighted by atomic mass is 16.6. The van der Waals surface area contributed by atoms with Crippen molar-refractivity contribution in [2.45, 2.75) is 142 Å². The predicted octanol–water partition coefficient (Wildman–Crippen LogP) is 4.16. The second-order valence-corrected chi connectivity index (χ2v) is 9.96. The van der Waals surface area contributed by atoms with Crippen LogP contribution in [0, 0.1) is 0 Å². The summed E-state index contributed by atoms with van der Waals surface area (Å²) in [4.78, 5) is 53.7. The van der Waals surface area contributed by atoms with Crippen molar-refractivity contribution >= 4 is 29.8 Å². The Kier molecular flexibility index (Phi) is 27.0. The Morgan fingerprint density at radius 2 is 0.951 bits per heavy atom. The summed E-state index contributed by atoms with van der Waals surface area (Å²) in [6.07, 6.45) is 14.9. The van der Waals surface area contributed by atoms with E-state index in [1.165, 1.54) is 83.5 Å². The average Bonchev–Trinajstić information content (AvgIpc) is 2.91. The molecule has 0 aliphatic carbocycles. The number of aliphatic hydroxyl groups is 2. The fraction of sp³-hybridized carbons (Fsp3) is 0.828. The summed E-state index contributed by atoms with van der Waals surface area (Å²) in [5.74, 6) is -5.70. The maximum Gasteiger partial charge on any atom is 0.349 e. The summed E-state index contributed by atoms with van der Waals surface area (Å²) in [6.45, 7) is 3.60. The van der Waals surface area contributed by atoms with E-state index in [-0.39, 0.29) is 19.2 Å². The number of aliphatic carboxylic acids is 2. The largest absolute Gasteiger partial charge is 0.478 e. The fourth-order valence-electron chi connectivity index (χ4n) is 3.80. The van der Waals surface area contributed by atoms with Gasteiger partial charge in [-0.3, -0.25) is 14.4 Å². The van der Waals surface area contributed by atoms with Crippen LogP contribution in [0.4, 0.5) is 0 Å². The highest BCUT2D eigenvalue weighted by molar-refractivity contribution is 5.87. The van der Waals surface area contributed by atoms with E-state index in [1.54, 1.807) is 0 Å². The van der Waals surface area contributed by atoms with Crippen LogP contribution in [-0.2, 0) is 38.2 Å². The molecular weight excluding hydrogens is 540 g/mol. The third-order valence-corrected chi connectivity index (χ3v) is 5.98. The Bertz CT molecular complexity index is 693. The molecule has 3 unspecified atom stereocenters. The molecule has 0 saturated heterocycles. The molecular formula is C29H52O12. The number of hydrogen-bond acceptors (Lipinski definition) is 10. The van der Waals surface area contributed by atoms with Crippen LogP contribution in [0.3, 0.4) is 0 Å². The standard InChI is InChI=1S/C21H42O4.C8H10O8/c1-2-3-4-5-6-7-8-9-10-11-12-13-14-15-16-17-21(24)25-19-20(23)18-22;1-3(9)15-5(7(11)12)6(8(13)14)16-4(2)10/h20,22-23H,2-19H2,1H3;5-6H,1-2H3,(H,11,12)(H,13,14). The zero-order chi connectivity index (χ0) is 31.5. The van der Waals surface area contributed by atoms with Crippen LogP contribution < -0.4 is 0 Å². The molecule has 12 nitrogen and oxygen atoms in total. The van der Waals surface area contributed by atoms with Gasteiger partial charge in [-0.25, -0.2) is 9.59 Å². The van der Waals surface area contributed by atoms with E-state index in [1.807, 2.05) is 0 Å². The third kappa shape index (κ3) is 27.2. The van der Waals surface area contributed by atoms with Crippen molar-refractivity contribution in [3.05, 3.63) is 0 Å². The molecule has 0 spiro atoms. The Hall–Kier alpha value is -2.73. The lowest BCUT2D eigenvalue weighted by Gasteiger charge is -2.19. The van der Waals surface area contributed by atoms with Crippen LogP contribution in [0.15, 0.2) is 0 Å². The van der Waals surface area contributed by atoms with Gasteiger partial charge in [-0.2, -0.15) is 0 Å². The Morgan fingerprint density at radius 1 is 0.610 bits per heavy atom. The topological polar surface area (TPSA) is 194 Å². The van der Waals surface area contributed by atoms with E-state index in [4.69, 9.17) is 25.2 Å². The lowest BCUT2D eigenvalue weighted by Crippen LogP contribution is -2.45. The molecule has 0 radical (unpaired) electrons. The fourth-order valence-corrected chi connectivity index (χ4v) is 3.80. The number of carbonyl (C=O) groups excluding carboxylic acids is 3. The highest BCUT2D eigenvalue weighted by Gasteiger charge is 2.39. The van der Waals surface area contributed by atoms with Gasteiger partial charge in [-0.05, 0) is 6.42 Å². The summed E-state index contributed by atoms with van der Waals surface area (Å²) in [6, 6.07) is 0. The molecule has 0 fully saturated rings. The number of carboxylic acid groups (broad SMARTS) is 2. The molecule has 0 bridgehead atoms. The Morgan fingerprint density at radius 3 is 1.24 bits per heavy atom. The third-order valence-electron chi connectivity index (χ3n) is 5.98. The van der Waals surface area contributed by atoms with Gasteiger partial charge in [0, 0.05) is 20.3 Å². The SMILES string of the molecule is CC(=O)OC(C(=O)O)C(OC(C)=O)C(=O)O.CCCCCCCCCCCCCCCCCC(=O)OCC(O)CO. The summed E-state index contributed by atoms with van der Waals surface area (Å²) >= 11 is 0. The second kappa shape index (κ2) is 27.4. The van der Waals surface area contributed by atoms with Gasteiger partial charge in [-0.15, -0.1) is 0 Å². The quantitative estimate of drug-likeness (QED) is 0.0711. The molecule has 12 heteroatoms. The van der Waals surface area contributed by atoms with Crippen molar-refractivity contribution in [3.63, 3.8) is 0 Å². The molecule has 0 amide bonds. The number of aliphatic hydroxyl groups excluding tert-OH is 2. The van der Waals surface area contributed by atoms with Crippen LogP contribution in [-0.4, -0.2) is 81.8 Å². The molecule has 41 heavy (non-hydrogen) atoms. The maximum atomic E-state index is 11.4. The van der Waals surface area contributed by atoms with Crippen molar-refractivity contribution in [2.24, 2.45) is 0 Å². The van der Waals surface area contributed by atoms with Gasteiger partial charge in [0.05, 0.1) is 6.61 Å². The molecule has 0 aromatic rings. The molecule has 0 aliphatic rings. The first-order chi connectivity index (χ1) is 19.5. The molecule has 240 valence electrons. The molecule has 0 aromatic carbocycles. The van der Waals surface area contributed by atoms with Crippen LogP contribution in [0.5, 0.6) is 0 Å². The van der Waals surface area contributed by atoms with Crippen molar-refractivity contribution in [2.75, 3.05) is 13.2 Å². The van der Waals surface area contributed by atoms with Gasteiger partial charge < -0.3 is 34.6 Å². The number of carboxylic acids is 2. The minimum Gasteiger partial charge on any atom is -0.478 e. The van der Waals surface area contributed by atoms with Gasteiger partial charge in [0.1, 0.15) is 12.7 Å². The number of unbranched alkanes of at least 4 members (excludes halogenated alkanes) is 14. The number of esters is 3. The number of ether oxygens (including phenoxy) is 3. The molecule has 0 heterocycles. The molecule has 0 rings (SSSR count). The first-order valence-electron chi connectivity index (χ1n) is 14.7. The highest BCUT2D eigenvalue weighted by Crippen LogP contribution is 2.14. The molecule has 3 atom stereocenters. The van der Waals surface area contributed by atoms with Crippen LogP contribution in [0.2, 0.25) is 0 Å². The minimum absolute atomic E-state index is 0.103. The van der Waals surface area contributed by atoms with E-state index < -0.39 is 42.2 Å². The van der Waals surface area contributed by atoms with Gasteiger partial charge in [-0.1, -0.05) is 96.8 Å². The molecule has 0 aromatic heterocycles. The molecule has 0 saturated carbocycles. The van der Waals surface area contributed by atoms with E-state index in [9.17, 15) is 24.0 Å². The first-order valence-corrected chi connectivity index (χ1v) is 14.7. The normalized spacial score (nSPS) is 12.7. The van der Waals surface area contributed by atoms with E-state index in [0.29, 0.717) is 6.42 Å². The zero-order valence-electron chi connectivity index (χ0n) is 25.0. The smallest absolute Gasteiger partial charge is 0.349 e. The molecule has 0 aliphatic heterocycles. The van der Waals surface area contributed by atoms with Crippen LogP contribution in [0.25, 0.3) is 0 Å².